The smallest absolute Gasteiger partial charge is 0.137 e. The Labute approximate surface area is 150 Å². The number of nitrogens with zero attached hydrogens (tertiary/aromatic N) is 2. The van der Waals surface area contributed by atoms with E-state index in [0.29, 0.717) is 0 Å². The molecule has 0 saturated heterocycles. The Bertz CT molecular complexity index is 1010. The lowest BCUT2D eigenvalue weighted by atomic mass is 10.1. The molecule has 1 aromatic carbocycles. The monoisotopic (exact) mass is 348 g/mol. The van der Waals surface area contributed by atoms with Gasteiger partial charge in [-0.15, -0.1) is 0 Å². The highest BCUT2D eigenvalue weighted by Gasteiger charge is 2.07. The molecule has 0 radical (unpaired) electrons. The van der Waals surface area contributed by atoms with Gasteiger partial charge < -0.3 is 10.3 Å². The molecule has 5 heteroatoms. The molecule has 0 aliphatic rings. The second-order valence-corrected chi connectivity index (χ2v) is 6.18. The molecule has 25 heavy (non-hydrogen) atoms. The van der Waals surface area contributed by atoms with Crippen molar-refractivity contribution < 1.29 is 0 Å². The average Bonchev–Trinajstić information content (AvgIpc) is 3.12. The molecule has 0 aliphatic carbocycles. The van der Waals surface area contributed by atoms with E-state index in [0.717, 1.165) is 51.7 Å². The number of hydrogen-bond acceptors (Lipinski definition) is 3. The van der Waals surface area contributed by atoms with Crippen LogP contribution in [0.1, 0.15) is 5.56 Å². The van der Waals surface area contributed by atoms with Crippen LogP contribution in [0.25, 0.3) is 22.3 Å². The Kier molecular flexibility index (Phi) is 4.36. The number of anilines is 1. The average molecular weight is 349 g/mol. The van der Waals surface area contributed by atoms with Gasteiger partial charge in [-0.1, -0.05) is 35.9 Å². The van der Waals surface area contributed by atoms with Crippen LogP contribution >= 0.6 is 11.6 Å². The first-order valence-electron chi connectivity index (χ1n) is 8.18. The number of rotatable bonds is 5. The summed E-state index contributed by atoms with van der Waals surface area (Å²) in [4.78, 5) is 12.2. The van der Waals surface area contributed by atoms with Gasteiger partial charge in [0.15, 0.2) is 0 Å². The quantitative estimate of drug-likeness (QED) is 0.537. The van der Waals surface area contributed by atoms with Gasteiger partial charge in [-0.25, -0.2) is 9.97 Å². The van der Waals surface area contributed by atoms with Crippen molar-refractivity contribution in [1.82, 2.24) is 15.0 Å². The standard InChI is InChI=1S/C20H17ClN4/c21-17-5-2-1-4-14(17)8-11-22-19-7-3-6-18(25-19)15-9-12-23-20-16(15)10-13-24-20/h1-7,9-10,12-13H,8,11H2,(H,22,25)(H,23,24). The maximum atomic E-state index is 6.20. The van der Waals surface area contributed by atoms with E-state index in [1.807, 2.05) is 60.8 Å². The summed E-state index contributed by atoms with van der Waals surface area (Å²) in [7, 11) is 0. The lowest BCUT2D eigenvalue weighted by Gasteiger charge is -2.09. The first kappa shape index (κ1) is 15.7. The zero-order chi connectivity index (χ0) is 17.1. The number of H-pyrrole nitrogens is 1. The van der Waals surface area contributed by atoms with Crippen LogP contribution in [0, 0.1) is 0 Å². The van der Waals surface area contributed by atoms with Crippen LogP contribution in [0.15, 0.2) is 67.0 Å². The molecule has 2 N–H and O–H groups in total. The topological polar surface area (TPSA) is 53.6 Å². The number of hydrogen-bond donors (Lipinski definition) is 2. The molecule has 3 heterocycles. The van der Waals surface area contributed by atoms with Crippen molar-refractivity contribution in [3.05, 3.63) is 77.6 Å². The van der Waals surface area contributed by atoms with Gasteiger partial charge in [0.1, 0.15) is 11.5 Å². The largest absolute Gasteiger partial charge is 0.370 e. The van der Waals surface area contributed by atoms with Crippen LogP contribution < -0.4 is 5.32 Å². The van der Waals surface area contributed by atoms with Crippen molar-refractivity contribution in [1.29, 1.82) is 0 Å². The van der Waals surface area contributed by atoms with Gasteiger partial charge in [0, 0.05) is 34.9 Å². The summed E-state index contributed by atoms with van der Waals surface area (Å²) in [5.74, 6) is 0.852. The maximum Gasteiger partial charge on any atom is 0.137 e. The molecule has 4 nitrogen and oxygen atoms in total. The minimum absolute atomic E-state index is 0.774. The van der Waals surface area contributed by atoms with Crippen molar-refractivity contribution in [2.45, 2.75) is 6.42 Å². The Hall–Kier alpha value is -2.85. The molecule has 0 atom stereocenters. The number of pyridine rings is 2. The second-order valence-electron chi connectivity index (χ2n) is 5.77. The van der Waals surface area contributed by atoms with Crippen molar-refractivity contribution in [2.75, 3.05) is 11.9 Å². The Morgan fingerprint density at radius 2 is 1.92 bits per heavy atom. The van der Waals surface area contributed by atoms with Crippen LogP contribution in [0.4, 0.5) is 5.82 Å². The molecule has 0 aliphatic heterocycles. The van der Waals surface area contributed by atoms with Crippen LogP contribution in [-0.2, 0) is 6.42 Å². The normalized spacial score (nSPS) is 10.9. The summed E-state index contributed by atoms with van der Waals surface area (Å²) in [6.07, 6.45) is 4.54. The van der Waals surface area contributed by atoms with E-state index >= 15 is 0 Å². The van der Waals surface area contributed by atoms with E-state index in [9.17, 15) is 0 Å². The maximum absolute atomic E-state index is 6.20. The zero-order valence-electron chi connectivity index (χ0n) is 13.5. The molecule has 0 bridgehead atoms. The third-order valence-corrected chi connectivity index (χ3v) is 4.51. The Morgan fingerprint density at radius 1 is 1.00 bits per heavy atom. The third kappa shape index (κ3) is 3.35. The van der Waals surface area contributed by atoms with E-state index in [4.69, 9.17) is 16.6 Å². The lowest BCUT2D eigenvalue weighted by Crippen LogP contribution is -2.06. The van der Waals surface area contributed by atoms with Crippen LogP contribution in [0.5, 0.6) is 0 Å². The van der Waals surface area contributed by atoms with E-state index in [-0.39, 0.29) is 0 Å². The fourth-order valence-electron chi connectivity index (χ4n) is 2.89. The highest BCUT2D eigenvalue weighted by molar-refractivity contribution is 6.31. The molecule has 3 aromatic heterocycles. The van der Waals surface area contributed by atoms with E-state index < -0.39 is 0 Å². The van der Waals surface area contributed by atoms with Gasteiger partial charge in [-0.3, -0.25) is 0 Å². The predicted molar refractivity (Wildman–Crippen MR) is 103 cm³/mol. The molecule has 0 unspecified atom stereocenters. The highest BCUT2D eigenvalue weighted by atomic mass is 35.5. The third-order valence-electron chi connectivity index (χ3n) is 4.14. The number of benzene rings is 1. The molecule has 4 rings (SSSR count). The minimum Gasteiger partial charge on any atom is -0.370 e. The second kappa shape index (κ2) is 6.95. The number of halogens is 1. The summed E-state index contributed by atoms with van der Waals surface area (Å²) < 4.78 is 0. The summed E-state index contributed by atoms with van der Waals surface area (Å²) in [5, 5.41) is 5.26. The number of nitrogens with one attached hydrogen (secondary N) is 2. The summed E-state index contributed by atoms with van der Waals surface area (Å²) in [6.45, 7) is 0.774. The molecular formula is C20H17ClN4. The number of aromatic amines is 1. The molecule has 0 fully saturated rings. The lowest BCUT2D eigenvalue weighted by molar-refractivity contribution is 1.01. The van der Waals surface area contributed by atoms with Gasteiger partial charge >= 0.3 is 0 Å². The summed E-state index contributed by atoms with van der Waals surface area (Å²) in [6, 6.07) is 17.9. The predicted octanol–water partition coefficient (Wildman–Crippen LogP) is 4.93. The molecule has 0 spiro atoms. The Morgan fingerprint density at radius 3 is 2.84 bits per heavy atom. The highest BCUT2D eigenvalue weighted by Crippen LogP contribution is 2.26. The number of aromatic nitrogens is 3. The fourth-order valence-corrected chi connectivity index (χ4v) is 3.12. The van der Waals surface area contributed by atoms with Crippen molar-refractivity contribution in [3.8, 4) is 11.3 Å². The summed E-state index contributed by atoms with van der Waals surface area (Å²) >= 11 is 6.20. The fraction of sp³-hybridized carbons (Fsp3) is 0.100. The van der Waals surface area contributed by atoms with Gasteiger partial charge in [0.05, 0.1) is 5.69 Å². The van der Waals surface area contributed by atoms with Gasteiger partial charge in [0.25, 0.3) is 0 Å². The zero-order valence-corrected chi connectivity index (χ0v) is 14.3. The number of fused-ring (bicyclic) bond motifs is 1. The van der Waals surface area contributed by atoms with Crippen LogP contribution in [-0.4, -0.2) is 21.5 Å². The SMILES string of the molecule is Clc1ccccc1CCNc1cccc(-c2ccnc3[nH]ccc23)n1. The van der Waals surface area contributed by atoms with Gasteiger partial charge in [0.2, 0.25) is 0 Å². The van der Waals surface area contributed by atoms with Crippen molar-refractivity contribution in [3.63, 3.8) is 0 Å². The first-order valence-corrected chi connectivity index (χ1v) is 8.56. The molecule has 0 saturated carbocycles. The summed E-state index contributed by atoms with van der Waals surface area (Å²) in [5.41, 5.74) is 4.00. The van der Waals surface area contributed by atoms with E-state index in [1.54, 1.807) is 6.20 Å². The van der Waals surface area contributed by atoms with Crippen molar-refractivity contribution >= 4 is 28.5 Å². The molecular weight excluding hydrogens is 332 g/mol. The molecule has 4 aromatic rings. The molecule has 124 valence electrons. The van der Waals surface area contributed by atoms with Gasteiger partial charge in [-0.2, -0.15) is 0 Å². The van der Waals surface area contributed by atoms with Crippen LogP contribution in [0.3, 0.4) is 0 Å². The minimum atomic E-state index is 0.774. The van der Waals surface area contributed by atoms with Crippen molar-refractivity contribution in [2.24, 2.45) is 0 Å². The van der Waals surface area contributed by atoms with Gasteiger partial charge in [-0.05, 0) is 42.3 Å². The van der Waals surface area contributed by atoms with Crippen LogP contribution in [0.2, 0.25) is 5.02 Å². The van der Waals surface area contributed by atoms with E-state index in [2.05, 4.69) is 15.3 Å². The molecule has 0 amide bonds. The van der Waals surface area contributed by atoms with E-state index in [1.165, 1.54) is 0 Å². The first-order chi connectivity index (χ1) is 12.3. The Balaban J connectivity index is 1.52.